The Labute approximate surface area is 139 Å². The number of furan rings is 1. The summed E-state index contributed by atoms with van der Waals surface area (Å²) < 4.78 is 5.09. The van der Waals surface area contributed by atoms with E-state index in [0.717, 1.165) is 27.1 Å². The van der Waals surface area contributed by atoms with Crippen molar-refractivity contribution in [2.24, 2.45) is 0 Å². The Bertz CT molecular complexity index is 779. The Morgan fingerprint density at radius 2 is 1.83 bits per heavy atom. The van der Waals surface area contributed by atoms with Gasteiger partial charge in [0.25, 0.3) is 5.91 Å². The van der Waals surface area contributed by atoms with Crippen LogP contribution in [0.2, 0.25) is 0 Å². The second kappa shape index (κ2) is 7.20. The third kappa shape index (κ3) is 3.66. The minimum Gasteiger partial charge on any atom is -0.472 e. The summed E-state index contributed by atoms with van der Waals surface area (Å²) in [6.45, 7) is 0.507. The van der Waals surface area contributed by atoms with Gasteiger partial charge in [0.05, 0.1) is 18.1 Å². The first-order valence-corrected chi connectivity index (χ1v) is 8.53. The van der Waals surface area contributed by atoms with Gasteiger partial charge in [0.1, 0.15) is 0 Å². The number of benzene rings is 2. The zero-order valence-electron chi connectivity index (χ0n) is 12.8. The smallest absolute Gasteiger partial charge is 0.252 e. The van der Waals surface area contributed by atoms with E-state index in [-0.39, 0.29) is 5.91 Å². The van der Waals surface area contributed by atoms with E-state index in [4.69, 9.17) is 4.42 Å². The summed E-state index contributed by atoms with van der Waals surface area (Å²) in [5.74, 6) is -0.0474. The van der Waals surface area contributed by atoms with Gasteiger partial charge in [0.15, 0.2) is 0 Å². The molecule has 1 aromatic heterocycles. The molecule has 3 nitrogen and oxygen atoms in total. The summed E-state index contributed by atoms with van der Waals surface area (Å²) >= 11 is 1.58. The lowest BCUT2D eigenvalue weighted by molar-refractivity contribution is 0.0948. The Hall–Kier alpha value is -2.46. The zero-order valence-corrected chi connectivity index (χ0v) is 13.6. The fraction of sp³-hybridized carbons (Fsp3) is 0.105. The third-order valence-electron chi connectivity index (χ3n) is 3.61. The molecule has 4 heteroatoms. The minimum absolute atomic E-state index is 0.0474. The molecular formula is C19H17NO2S. The van der Waals surface area contributed by atoms with Crippen LogP contribution in [0.25, 0.3) is 11.1 Å². The molecule has 1 heterocycles. The van der Waals surface area contributed by atoms with Crippen LogP contribution >= 0.6 is 11.8 Å². The lowest BCUT2D eigenvalue weighted by Crippen LogP contribution is -2.23. The first kappa shape index (κ1) is 15.4. The number of hydrogen-bond acceptors (Lipinski definition) is 3. The van der Waals surface area contributed by atoms with Gasteiger partial charge in [-0.15, -0.1) is 11.8 Å². The molecule has 1 N–H and O–H groups in total. The molecular weight excluding hydrogens is 306 g/mol. The predicted molar refractivity (Wildman–Crippen MR) is 93.5 cm³/mol. The van der Waals surface area contributed by atoms with Crippen LogP contribution in [0, 0.1) is 0 Å². The number of carbonyl (C=O) groups is 1. The maximum Gasteiger partial charge on any atom is 0.252 e. The quantitative estimate of drug-likeness (QED) is 0.698. The number of nitrogens with one attached hydrogen (secondary N) is 1. The van der Waals surface area contributed by atoms with Crippen LogP contribution in [-0.4, -0.2) is 12.2 Å². The molecule has 0 saturated heterocycles. The minimum atomic E-state index is -0.0474. The van der Waals surface area contributed by atoms with Gasteiger partial charge in [-0.3, -0.25) is 4.79 Å². The highest BCUT2D eigenvalue weighted by molar-refractivity contribution is 7.98. The van der Waals surface area contributed by atoms with Crippen molar-refractivity contribution in [1.29, 1.82) is 0 Å². The Morgan fingerprint density at radius 3 is 2.52 bits per heavy atom. The molecule has 0 saturated carbocycles. The van der Waals surface area contributed by atoms with Crippen molar-refractivity contribution in [3.05, 3.63) is 78.3 Å². The predicted octanol–water partition coefficient (Wildman–Crippen LogP) is 4.60. The molecule has 0 aliphatic carbocycles. The van der Waals surface area contributed by atoms with Gasteiger partial charge in [-0.1, -0.05) is 36.4 Å². The molecule has 0 spiro atoms. The van der Waals surface area contributed by atoms with Gasteiger partial charge in [0, 0.05) is 17.0 Å². The highest BCUT2D eigenvalue weighted by Crippen LogP contribution is 2.21. The second-order valence-corrected chi connectivity index (χ2v) is 5.94. The highest BCUT2D eigenvalue weighted by atomic mass is 32.2. The van der Waals surface area contributed by atoms with Gasteiger partial charge in [-0.05, 0) is 35.6 Å². The summed E-state index contributed by atoms with van der Waals surface area (Å²) in [7, 11) is 0. The van der Waals surface area contributed by atoms with Crippen LogP contribution in [0.1, 0.15) is 15.9 Å². The fourth-order valence-electron chi connectivity index (χ4n) is 2.35. The topological polar surface area (TPSA) is 42.2 Å². The molecule has 3 aromatic rings. The van der Waals surface area contributed by atoms with Gasteiger partial charge >= 0.3 is 0 Å². The first-order chi connectivity index (χ1) is 11.3. The summed E-state index contributed by atoms with van der Waals surface area (Å²) in [6.07, 6.45) is 5.35. The number of hydrogen-bond donors (Lipinski definition) is 1. The molecule has 0 aliphatic rings. The standard InChI is InChI=1S/C19H17NO2S/c1-23-18-5-3-2-4-17(18)19(21)20-12-14-6-8-15(9-7-14)16-10-11-22-13-16/h2-11,13H,12H2,1H3,(H,20,21). The zero-order chi connectivity index (χ0) is 16.1. The summed E-state index contributed by atoms with van der Waals surface area (Å²) in [6, 6.07) is 17.7. The molecule has 3 rings (SSSR count). The Balaban J connectivity index is 1.65. The van der Waals surface area contributed by atoms with E-state index < -0.39 is 0 Å². The average molecular weight is 323 g/mol. The molecule has 0 unspecified atom stereocenters. The van der Waals surface area contributed by atoms with Crippen LogP contribution in [0.3, 0.4) is 0 Å². The van der Waals surface area contributed by atoms with Crippen LogP contribution < -0.4 is 5.32 Å². The lowest BCUT2D eigenvalue weighted by Gasteiger charge is -2.09. The number of thioether (sulfide) groups is 1. The maximum atomic E-state index is 12.3. The van der Waals surface area contributed by atoms with E-state index in [9.17, 15) is 4.79 Å². The van der Waals surface area contributed by atoms with Gasteiger partial charge in [-0.25, -0.2) is 0 Å². The summed E-state index contributed by atoms with van der Waals surface area (Å²) in [5, 5.41) is 2.97. The fourth-order valence-corrected chi connectivity index (χ4v) is 2.95. The average Bonchev–Trinajstić information content (AvgIpc) is 3.14. The molecule has 0 radical (unpaired) electrons. The molecule has 23 heavy (non-hydrogen) atoms. The molecule has 1 amide bonds. The van der Waals surface area contributed by atoms with Crippen LogP contribution in [-0.2, 0) is 6.54 Å². The lowest BCUT2D eigenvalue weighted by atomic mass is 10.1. The molecule has 0 bridgehead atoms. The van der Waals surface area contributed by atoms with Crippen molar-refractivity contribution in [3.63, 3.8) is 0 Å². The molecule has 2 aromatic carbocycles. The molecule has 0 fully saturated rings. The largest absolute Gasteiger partial charge is 0.472 e. The van der Waals surface area contributed by atoms with Crippen molar-refractivity contribution in [2.75, 3.05) is 6.26 Å². The van der Waals surface area contributed by atoms with E-state index >= 15 is 0 Å². The first-order valence-electron chi connectivity index (χ1n) is 7.30. The van der Waals surface area contributed by atoms with Crippen molar-refractivity contribution >= 4 is 17.7 Å². The third-order valence-corrected chi connectivity index (χ3v) is 4.41. The van der Waals surface area contributed by atoms with E-state index in [1.807, 2.05) is 60.9 Å². The Morgan fingerprint density at radius 1 is 1.04 bits per heavy atom. The van der Waals surface area contributed by atoms with E-state index in [0.29, 0.717) is 6.54 Å². The van der Waals surface area contributed by atoms with Crippen molar-refractivity contribution < 1.29 is 9.21 Å². The van der Waals surface area contributed by atoms with Gasteiger partial charge in [0.2, 0.25) is 0 Å². The van der Waals surface area contributed by atoms with Crippen molar-refractivity contribution in [1.82, 2.24) is 5.32 Å². The summed E-state index contributed by atoms with van der Waals surface area (Å²) in [5.41, 5.74) is 3.93. The van der Waals surface area contributed by atoms with Crippen molar-refractivity contribution in [3.8, 4) is 11.1 Å². The highest BCUT2D eigenvalue weighted by Gasteiger charge is 2.09. The van der Waals surface area contributed by atoms with E-state index in [2.05, 4.69) is 5.32 Å². The molecule has 0 aliphatic heterocycles. The summed E-state index contributed by atoms with van der Waals surface area (Å²) in [4.78, 5) is 13.3. The molecule has 116 valence electrons. The number of rotatable bonds is 5. The van der Waals surface area contributed by atoms with Crippen LogP contribution in [0.5, 0.6) is 0 Å². The SMILES string of the molecule is CSc1ccccc1C(=O)NCc1ccc(-c2ccoc2)cc1. The Kier molecular flexibility index (Phi) is 4.83. The maximum absolute atomic E-state index is 12.3. The second-order valence-electron chi connectivity index (χ2n) is 5.09. The number of amides is 1. The van der Waals surface area contributed by atoms with Crippen LogP contribution in [0.4, 0.5) is 0 Å². The number of carbonyl (C=O) groups excluding carboxylic acids is 1. The van der Waals surface area contributed by atoms with Crippen LogP contribution in [0.15, 0.2) is 76.4 Å². The normalized spacial score (nSPS) is 10.5. The molecule has 0 atom stereocenters. The monoisotopic (exact) mass is 323 g/mol. The van der Waals surface area contributed by atoms with E-state index in [1.165, 1.54) is 0 Å². The van der Waals surface area contributed by atoms with Gasteiger partial charge in [-0.2, -0.15) is 0 Å². The van der Waals surface area contributed by atoms with Gasteiger partial charge < -0.3 is 9.73 Å². The van der Waals surface area contributed by atoms with Crippen molar-refractivity contribution in [2.45, 2.75) is 11.4 Å². The van der Waals surface area contributed by atoms with E-state index in [1.54, 1.807) is 24.3 Å².